The summed E-state index contributed by atoms with van der Waals surface area (Å²) in [5, 5.41) is 14.1. The number of pyridine rings is 1. The molecular weight excluding hydrogens is 412 g/mol. The third-order valence-electron chi connectivity index (χ3n) is 7.24. The van der Waals surface area contributed by atoms with E-state index in [0.29, 0.717) is 5.56 Å². The second kappa shape index (κ2) is 8.14. The first-order valence-electron chi connectivity index (χ1n) is 11.9. The van der Waals surface area contributed by atoms with Crippen molar-refractivity contribution in [2.75, 3.05) is 11.4 Å². The Hall–Kier alpha value is -3.48. The number of nitrogens with one attached hydrogen (secondary N) is 1. The van der Waals surface area contributed by atoms with Gasteiger partial charge in [0.2, 0.25) is 0 Å². The molecule has 1 N–H and O–H groups in total. The van der Waals surface area contributed by atoms with Gasteiger partial charge < -0.3 is 9.88 Å². The zero-order valence-electron chi connectivity index (χ0n) is 18.9. The van der Waals surface area contributed by atoms with Crippen molar-refractivity contribution in [3.63, 3.8) is 0 Å². The Bertz CT molecular complexity index is 1370. The largest absolute Gasteiger partial charge is 0.357 e. The number of para-hydroxylation sites is 1. The van der Waals surface area contributed by atoms with Crippen LogP contribution in [0.15, 0.2) is 53.3 Å². The molecule has 1 atom stereocenters. The van der Waals surface area contributed by atoms with Crippen LogP contribution in [0.3, 0.4) is 0 Å². The Morgan fingerprint density at radius 1 is 1.06 bits per heavy atom. The lowest BCUT2D eigenvalue weighted by atomic mass is 9.95. The lowest BCUT2D eigenvalue weighted by Gasteiger charge is -2.31. The first-order valence-corrected chi connectivity index (χ1v) is 11.9. The lowest BCUT2D eigenvalue weighted by Crippen LogP contribution is -2.35. The molecule has 0 radical (unpaired) electrons. The first-order chi connectivity index (χ1) is 16.2. The van der Waals surface area contributed by atoms with Crippen LogP contribution in [0.25, 0.3) is 10.9 Å². The molecule has 1 fully saturated rings. The van der Waals surface area contributed by atoms with E-state index in [2.05, 4.69) is 61.8 Å². The Morgan fingerprint density at radius 3 is 2.79 bits per heavy atom. The highest BCUT2D eigenvalue weighted by atomic mass is 16.1. The van der Waals surface area contributed by atoms with Gasteiger partial charge in [0.25, 0.3) is 5.56 Å². The normalized spacial score (nSPS) is 17.4. The molecule has 1 saturated carbocycles. The van der Waals surface area contributed by atoms with Crippen LogP contribution in [0.2, 0.25) is 0 Å². The monoisotopic (exact) mass is 440 g/mol. The summed E-state index contributed by atoms with van der Waals surface area (Å²) in [5.41, 5.74) is 5.04. The summed E-state index contributed by atoms with van der Waals surface area (Å²) in [6.45, 7) is 2.86. The van der Waals surface area contributed by atoms with E-state index in [9.17, 15) is 4.79 Å². The highest BCUT2D eigenvalue weighted by Crippen LogP contribution is 2.39. The van der Waals surface area contributed by atoms with Gasteiger partial charge in [-0.3, -0.25) is 4.79 Å². The summed E-state index contributed by atoms with van der Waals surface area (Å²) < 4.78 is 2.00. The van der Waals surface area contributed by atoms with Gasteiger partial charge in [-0.2, -0.15) is 0 Å². The van der Waals surface area contributed by atoms with Gasteiger partial charge >= 0.3 is 0 Å². The molecule has 3 heterocycles. The maximum Gasteiger partial charge on any atom is 0.254 e. The summed E-state index contributed by atoms with van der Waals surface area (Å²) in [5.74, 6) is 0.760. The molecule has 2 aromatic heterocycles. The summed E-state index contributed by atoms with van der Waals surface area (Å²) in [6, 6.07) is 16.6. The van der Waals surface area contributed by atoms with Crippen LogP contribution in [-0.2, 0) is 6.42 Å². The van der Waals surface area contributed by atoms with Gasteiger partial charge in [-0.05, 0) is 71.3 Å². The van der Waals surface area contributed by atoms with Gasteiger partial charge in [0.05, 0.1) is 6.04 Å². The highest BCUT2D eigenvalue weighted by Gasteiger charge is 2.35. The number of aryl methyl sites for hydroxylation is 1. The van der Waals surface area contributed by atoms with E-state index in [1.807, 2.05) is 23.7 Å². The molecule has 7 nitrogen and oxygen atoms in total. The smallest absolute Gasteiger partial charge is 0.254 e. The number of tetrazole rings is 1. The summed E-state index contributed by atoms with van der Waals surface area (Å²) in [6.07, 6.45) is 6.75. The van der Waals surface area contributed by atoms with Crippen molar-refractivity contribution in [2.24, 2.45) is 0 Å². The first kappa shape index (κ1) is 20.1. The Morgan fingerprint density at radius 2 is 1.91 bits per heavy atom. The van der Waals surface area contributed by atoms with Crippen molar-refractivity contribution >= 4 is 16.6 Å². The third-order valence-corrected chi connectivity index (χ3v) is 7.24. The van der Waals surface area contributed by atoms with Gasteiger partial charge in [-0.1, -0.05) is 49.6 Å². The molecule has 2 aliphatic rings. The number of fused-ring (bicyclic) bond motifs is 2. The Kier molecular flexibility index (Phi) is 4.97. The van der Waals surface area contributed by atoms with Gasteiger partial charge in [0, 0.05) is 23.3 Å². The second-order valence-corrected chi connectivity index (χ2v) is 9.39. The maximum atomic E-state index is 13.5. The summed E-state index contributed by atoms with van der Waals surface area (Å²) >= 11 is 0. The predicted octanol–water partition coefficient (Wildman–Crippen LogP) is 4.48. The second-order valence-electron chi connectivity index (χ2n) is 9.39. The van der Waals surface area contributed by atoms with E-state index in [4.69, 9.17) is 0 Å². The average Bonchev–Trinajstić information content (AvgIpc) is 3.48. The van der Waals surface area contributed by atoms with Crippen molar-refractivity contribution in [2.45, 2.75) is 57.5 Å². The minimum Gasteiger partial charge on any atom is -0.357 e. The van der Waals surface area contributed by atoms with Crippen LogP contribution < -0.4 is 10.5 Å². The van der Waals surface area contributed by atoms with E-state index in [0.717, 1.165) is 53.8 Å². The molecule has 0 amide bonds. The molecule has 4 aromatic rings. The fourth-order valence-corrected chi connectivity index (χ4v) is 5.58. The lowest BCUT2D eigenvalue weighted by molar-refractivity contribution is 0.313. The number of aromatic amines is 1. The van der Waals surface area contributed by atoms with Crippen molar-refractivity contribution < 1.29 is 0 Å². The molecular formula is C26H28N6O. The van der Waals surface area contributed by atoms with E-state index in [1.165, 1.54) is 24.8 Å². The number of rotatable bonds is 4. The van der Waals surface area contributed by atoms with Gasteiger partial charge in [-0.15, -0.1) is 5.10 Å². The summed E-state index contributed by atoms with van der Waals surface area (Å²) in [7, 11) is 0. The van der Waals surface area contributed by atoms with Gasteiger partial charge in [0.1, 0.15) is 6.04 Å². The van der Waals surface area contributed by atoms with Crippen molar-refractivity contribution in [3.8, 4) is 0 Å². The summed E-state index contributed by atoms with van der Waals surface area (Å²) in [4.78, 5) is 18.9. The van der Waals surface area contributed by atoms with E-state index in [-0.39, 0.29) is 17.6 Å². The molecule has 2 aromatic carbocycles. The molecule has 7 heteroatoms. The van der Waals surface area contributed by atoms with E-state index in [1.54, 1.807) is 0 Å². The van der Waals surface area contributed by atoms with Crippen LogP contribution >= 0.6 is 0 Å². The average molecular weight is 441 g/mol. The molecule has 0 bridgehead atoms. The fourth-order valence-electron chi connectivity index (χ4n) is 5.58. The minimum absolute atomic E-state index is 0.0827. The van der Waals surface area contributed by atoms with Crippen LogP contribution in [0, 0.1) is 6.92 Å². The Labute approximate surface area is 192 Å². The highest BCUT2D eigenvalue weighted by molar-refractivity contribution is 5.80. The predicted molar refractivity (Wildman–Crippen MR) is 129 cm³/mol. The standard InChI is InChI=1S/C26H28N6O/c1-17-11-12-19-16-21(26(33)27-22(19)15-17)24(31-14-13-18-7-5-6-10-23(18)31)25-28-29-30-32(25)20-8-3-2-4-9-20/h5-7,10-12,15-16,20,24H,2-4,8-9,13-14H2,1H3,(H,27,33). The zero-order valence-corrected chi connectivity index (χ0v) is 18.9. The van der Waals surface area contributed by atoms with E-state index >= 15 is 0 Å². The van der Waals surface area contributed by atoms with Crippen LogP contribution in [0.5, 0.6) is 0 Å². The topological polar surface area (TPSA) is 79.7 Å². The zero-order chi connectivity index (χ0) is 22.4. The number of nitrogens with zero attached hydrogens (tertiary/aromatic N) is 5. The number of anilines is 1. The number of hydrogen-bond donors (Lipinski definition) is 1. The van der Waals surface area contributed by atoms with Crippen LogP contribution in [0.1, 0.15) is 66.7 Å². The van der Waals surface area contributed by atoms with Gasteiger partial charge in [0.15, 0.2) is 5.82 Å². The molecule has 33 heavy (non-hydrogen) atoms. The molecule has 6 rings (SSSR count). The number of benzene rings is 2. The SMILES string of the molecule is Cc1ccc2cc(C(c3nnnn3C3CCCCC3)N3CCc4ccccc43)c(=O)[nH]c2c1. The molecule has 168 valence electrons. The van der Waals surface area contributed by atoms with Crippen molar-refractivity contribution in [1.82, 2.24) is 25.2 Å². The fraction of sp³-hybridized carbons (Fsp3) is 0.385. The number of aromatic nitrogens is 5. The number of hydrogen-bond acceptors (Lipinski definition) is 5. The quantitative estimate of drug-likeness (QED) is 0.506. The molecule has 0 spiro atoms. The molecule has 0 saturated heterocycles. The van der Waals surface area contributed by atoms with Crippen molar-refractivity contribution in [1.29, 1.82) is 0 Å². The minimum atomic E-state index is -0.347. The molecule has 1 aliphatic heterocycles. The van der Waals surface area contributed by atoms with Crippen LogP contribution in [0.4, 0.5) is 5.69 Å². The van der Waals surface area contributed by atoms with Crippen molar-refractivity contribution in [3.05, 3.63) is 81.4 Å². The maximum absolute atomic E-state index is 13.5. The Balaban J connectivity index is 1.54. The van der Waals surface area contributed by atoms with Crippen LogP contribution in [-0.4, -0.2) is 31.7 Å². The third kappa shape index (κ3) is 3.52. The molecule has 1 unspecified atom stereocenters. The van der Waals surface area contributed by atoms with E-state index < -0.39 is 0 Å². The number of H-pyrrole nitrogens is 1. The van der Waals surface area contributed by atoms with Gasteiger partial charge in [-0.25, -0.2) is 4.68 Å². The molecule has 1 aliphatic carbocycles.